The van der Waals surface area contributed by atoms with Crippen molar-refractivity contribution in [3.05, 3.63) is 58.9 Å². The van der Waals surface area contributed by atoms with Crippen LogP contribution in [0.2, 0.25) is 0 Å². The van der Waals surface area contributed by atoms with Crippen LogP contribution in [0.3, 0.4) is 0 Å². The van der Waals surface area contributed by atoms with Crippen molar-refractivity contribution in [2.45, 2.75) is 6.42 Å². The molecule has 0 atom stereocenters. The molecule has 4 rings (SSSR count). The first-order chi connectivity index (χ1) is 12.5. The van der Waals surface area contributed by atoms with E-state index in [2.05, 4.69) is 20.3 Å². The van der Waals surface area contributed by atoms with Crippen LogP contribution in [0.4, 0.5) is 17.6 Å². The molecule has 1 aliphatic rings. The fourth-order valence-electron chi connectivity index (χ4n) is 2.83. The first-order valence-electron chi connectivity index (χ1n) is 7.62. The molecule has 0 fully saturated rings. The lowest BCUT2D eigenvalue weighted by Crippen LogP contribution is -2.31. The quantitative estimate of drug-likeness (QED) is 0.544. The van der Waals surface area contributed by atoms with Crippen LogP contribution >= 0.6 is 0 Å². The molecule has 1 aliphatic heterocycles. The smallest absolute Gasteiger partial charge is 0.253 e. The van der Waals surface area contributed by atoms with Gasteiger partial charge in [0, 0.05) is 30.9 Å². The molecule has 3 aromatic rings. The highest BCUT2D eigenvalue weighted by atomic mass is 19.2. The van der Waals surface area contributed by atoms with Gasteiger partial charge in [-0.3, -0.25) is 4.79 Å². The summed E-state index contributed by atoms with van der Waals surface area (Å²) in [6.45, 7) is 0.486. The Morgan fingerprint density at radius 2 is 1.77 bits per heavy atom. The Kier molecular flexibility index (Phi) is 3.71. The predicted molar refractivity (Wildman–Crippen MR) is 83.1 cm³/mol. The number of nitrogens with zero attached hydrogens (tertiary/aromatic N) is 2. The van der Waals surface area contributed by atoms with Crippen molar-refractivity contribution in [3.8, 4) is 22.8 Å². The van der Waals surface area contributed by atoms with Gasteiger partial charge in [0.05, 0.1) is 22.5 Å². The normalized spacial score (nSPS) is 13.5. The van der Waals surface area contributed by atoms with Gasteiger partial charge in [-0.15, -0.1) is 0 Å². The SMILES string of the molecule is O=C1NCCc2[nH]c(-c3ccnc(-c4c(F)c(F)cc(F)c4F)n3)cc21. The number of H-pyrrole nitrogens is 1. The Labute approximate surface area is 144 Å². The van der Waals surface area contributed by atoms with E-state index in [9.17, 15) is 22.4 Å². The number of nitrogens with one attached hydrogen (secondary N) is 2. The molecule has 2 aromatic heterocycles. The van der Waals surface area contributed by atoms with Crippen LogP contribution < -0.4 is 5.32 Å². The summed E-state index contributed by atoms with van der Waals surface area (Å²) >= 11 is 0. The Morgan fingerprint density at radius 3 is 2.46 bits per heavy atom. The molecular weight excluding hydrogens is 352 g/mol. The lowest BCUT2D eigenvalue weighted by molar-refractivity contribution is 0.0946. The summed E-state index contributed by atoms with van der Waals surface area (Å²) in [5, 5.41) is 2.69. The summed E-state index contributed by atoms with van der Waals surface area (Å²) in [5.74, 6) is -6.99. The number of amides is 1. The van der Waals surface area contributed by atoms with Crippen molar-refractivity contribution in [2.75, 3.05) is 6.54 Å². The van der Waals surface area contributed by atoms with E-state index in [1.165, 1.54) is 12.3 Å². The highest BCUT2D eigenvalue weighted by Crippen LogP contribution is 2.29. The Bertz CT molecular complexity index is 1020. The molecule has 3 heterocycles. The molecule has 132 valence electrons. The fraction of sp³-hybridized carbons (Fsp3) is 0.118. The van der Waals surface area contributed by atoms with Crippen LogP contribution in [0.25, 0.3) is 22.8 Å². The summed E-state index contributed by atoms with van der Waals surface area (Å²) in [6, 6.07) is 3.12. The standard InChI is InChI=1S/C17H10F4N4O/c18-8-6-9(19)15(21)13(14(8)20)16-22-3-2-11(25-16)12-5-7-10(24-12)1-4-23-17(7)26/h2-3,5-6,24H,1,4H2,(H,23,26). The van der Waals surface area contributed by atoms with E-state index < -0.39 is 34.7 Å². The van der Waals surface area contributed by atoms with Gasteiger partial charge >= 0.3 is 0 Å². The monoisotopic (exact) mass is 362 g/mol. The van der Waals surface area contributed by atoms with Crippen molar-refractivity contribution >= 4 is 5.91 Å². The van der Waals surface area contributed by atoms with Crippen LogP contribution in [-0.2, 0) is 6.42 Å². The third-order valence-electron chi connectivity index (χ3n) is 4.07. The molecule has 0 unspecified atom stereocenters. The second kappa shape index (κ2) is 5.94. The maximum Gasteiger partial charge on any atom is 0.253 e. The van der Waals surface area contributed by atoms with E-state index in [4.69, 9.17) is 0 Å². The number of benzene rings is 1. The van der Waals surface area contributed by atoms with Gasteiger partial charge < -0.3 is 10.3 Å². The van der Waals surface area contributed by atoms with Crippen LogP contribution in [0.1, 0.15) is 16.1 Å². The van der Waals surface area contributed by atoms with Crippen LogP contribution in [0.5, 0.6) is 0 Å². The van der Waals surface area contributed by atoms with E-state index in [1.54, 1.807) is 6.07 Å². The molecule has 0 saturated heterocycles. The van der Waals surface area contributed by atoms with Crippen molar-refractivity contribution in [1.82, 2.24) is 20.3 Å². The first kappa shape index (κ1) is 16.2. The fourth-order valence-corrected chi connectivity index (χ4v) is 2.83. The number of hydrogen-bond acceptors (Lipinski definition) is 3. The topological polar surface area (TPSA) is 70.7 Å². The zero-order chi connectivity index (χ0) is 18.4. The highest BCUT2D eigenvalue weighted by Gasteiger charge is 2.24. The Balaban J connectivity index is 1.83. The lowest BCUT2D eigenvalue weighted by Gasteiger charge is -2.10. The average Bonchev–Trinajstić information content (AvgIpc) is 3.06. The third kappa shape index (κ3) is 2.52. The molecule has 0 radical (unpaired) electrons. The Morgan fingerprint density at radius 1 is 1.04 bits per heavy atom. The zero-order valence-corrected chi connectivity index (χ0v) is 13.0. The van der Waals surface area contributed by atoms with E-state index in [0.29, 0.717) is 29.9 Å². The number of carbonyl (C=O) groups is 1. The van der Waals surface area contributed by atoms with Crippen LogP contribution in [0.15, 0.2) is 24.4 Å². The number of aromatic amines is 1. The van der Waals surface area contributed by atoms with Gasteiger partial charge in [-0.2, -0.15) is 0 Å². The maximum absolute atomic E-state index is 14.0. The van der Waals surface area contributed by atoms with E-state index >= 15 is 0 Å². The van der Waals surface area contributed by atoms with Crippen molar-refractivity contribution in [3.63, 3.8) is 0 Å². The minimum Gasteiger partial charge on any atom is -0.356 e. The van der Waals surface area contributed by atoms with E-state index in [0.717, 1.165) is 0 Å². The summed E-state index contributed by atoms with van der Waals surface area (Å²) in [7, 11) is 0. The summed E-state index contributed by atoms with van der Waals surface area (Å²) in [4.78, 5) is 22.6. The van der Waals surface area contributed by atoms with E-state index in [-0.39, 0.29) is 17.7 Å². The second-order valence-electron chi connectivity index (χ2n) is 5.69. The van der Waals surface area contributed by atoms with E-state index in [1.807, 2.05) is 0 Å². The van der Waals surface area contributed by atoms with Crippen molar-refractivity contribution in [2.24, 2.45) is 0 Å². The van der Waals surface area contributed by atoms with Gasteiger partial charge in [-0.1, -0.05) is 0 Å². The average molecular weight is 362 g/mol. The minimum absolute atomic E-state index is 0.121. The molecule has 1 aromatic carbocycles. The number of aromatic nitrogens is 3. The molecule has 1 amide bonds. The molecule has 0 saturated carbocycles. The van der Waals surface area contributed by atoms with Crippen molar-refractivity contribution in [1.29, 1.82) is 0 Å². The molecule has 0 spiro atoms. The molecule has 2 N–H and O–H groups in total. The molecule has 0 aliphatic carbocycles. The second-order valence-corrected chi connectivity index (χ2v) is 5.69. The highest BCUT2D eigenvalue weighted by molar-refractivity contribution is 5.97. The number of fused-ring (bicyclic) bond motifs is 1. The summed E-state index contributed by atoms with van der Waals surface area (Å²) in [5.41, 5.74) is 0.811. The first-order valence-corrected chi connectivity index (χ1v) is 7.62. The number of rotatable bonds is 2. The molecular formula is C17H10F4N4O. The van der Waals surface area contributed by atoms with Crippen LogP contribution in [0, 0.1) is 23.3 Å². The third-order valence-corrected chi connectivity index (χ3v) is 4.07. The summed E-state index contributed by atoms with van der Waals surface area (Å²) in [6.07, 6.45) is 1.80. The zero-order valence-electron chi connectivity index (χ0n) is 13.0. The number of hydrogen-bond donors (Lipinski definition) is 2. The van der Waals surface area contributed by atoms with Gasteiger partial charge in [0.2, 0.25) is 0 Å². The molecule has 9 heteroatoms. The van der Waals surface area contributed by atoms with Crippen LogP contribution in [-0.4, -0.2) is 27.4 Å². The molecule has 26 heavy (non-hydrogen) atoms. The van der Waals surface area contributed by atoms with Gasteiger partial charge in [-0.25, -0.2) is 27.5 Å². The lowest BCUT2D eigenvalue weighted by atomic mass is 10.1. The number of halogens is 4. The minimum atomic E-state index is -1.58. The van der Waals surface area contributed by atoms with Gasteiger partial charge in [0.15, 0.2) is 29.1 Å². The Hall–Kier alpha value is -3.23. The summed E-state index contributed by atoms with van der Waals surface area (Å²) < 4.78 is 54.8. The van der Waals surface area contributed by atoms with Gasteiger partial charge in [-0.05, 0) is 12.1 Å². The van der Waals surface area contributed by atoms with Gasteiger partial charge in [0.1, 0.15) is 0 Å². The van der Waals surface area contributed by atoms with Gasteiger partial charge in [0.25, 0.3) is 5.91 Å². The maximum atomic E-state index is 14.0. The van der Waals surface area contributed by atoms with Crippen molar-refractivity contribution < 1.29 is 22.4 Å². The predicted octanol–water partition coefficient (Wildman–Crippen LogP) is 2.98. The number of carbonyl (C=O) groups excluding carboxylic acids is 1. The molecule has 5 nitrogen and oxygen atoms in total. The largest absolute Gasteiger partial charge is 0.356 e. The molecule has 0 bridgehead atoms.